The van der Waals surface area contributed by atoms with Crippen LogP contribution < -0.4 is 10.1 Å². The second-order valence-corrected chi connectivity index (χ2v) is 7.92. The third-order valence-electron chi connectivity index (χ3n) is 5.17. The van der Waals surface area contributed by atoms with Gasteiger partial charge in [0.05, 0.1) is 13.2 Å². The molecule has 1 amide bonds. The lowest BCUT2D eigenvalue weighted by atomic mass is 10.0. The van der Waals surface area contributed by atoms with Gasteiger partial charge in [-0.15, -0.1) is 0 Å². The molecule has 0 aliphatic heterocycles. The minimum absolute atomic E-state index is 0.0337. The maximum atomic E-state index is 13.1. The Morgan fingerprint density at radius 3 is 2.23 bits per heavy atom. The number of carbonyl (C=O) groups is 2. The van der Waals surface area contributed by atoms with Crippen LogP contribution in [0.2, 0.25) is 0 Å². The number of nitrogens with one attached hydrogen (secondary N) is 1. The van der Waals surface area contributed by atoms with E-state index in [1.54, 1.807) is 0 Å². The number of rotatable bonds is 12. The van der Waals surface area contributed by atoms with Crippen LogP contribution >= 0.6 is 0 Å². The van der Waals surface area contributed by atoms with Crippen molar-refractivity contribution in [3.8, 4) is 11.5 Å². The summed E-state index contributed by atoms with van der Waals surface area (Å²) in [4.78, 5) is 29.4. The number of para-hydroxylation sites is 1. The lowest BCUT2D eigenvalue weighted by Gasteiger charge is -2.18. The lowest BCUT2D eigenvalue weighted by molar-refractivity contribution is -0.129. The maximum Gasteiger partial charge on any atom is 0.242 e. The minimum Gasteiger partial charge on any atom is -0.457 e. The number of aromatic nitrogens is 3. The largest absolute Gasteiger partial charge is 0.457 e. The fraction of sp³-hybridized carbons (Fsp3) is 0.185. The van der Waals surface area contributed by atoms with Crippen molar-refractivity contribution in [2.75, 3.05) is 6.61 Å². The Hall–Kier alpha value is -4.30. The summed E-state index contributed by atoms with van der Waals surface area (Å²) in [6.07, 6.45) is 2.94. The highest BCUT2D eigenvalue weighted by Gasteiger charge is 2.22. The summed E-state index contributed by atoms with van der Waals surface area (Å²) in [5, 5.41) is 6.71. The predicted octanol–water partition coefficient (Wildman–Crippen LogP) is 3.58. The van der Waals surface area contributed by atoms with Gasteiger partial charge in [0.1, 0.15) is 36.7 Å². The molecule has 1 atom stereocenters. The van der Waals surface area contributed by atoms with Crippen molar-refractivity contribution < 1.29 is 19.1 Å². The second kappa shape index (κ2) is 12.2. The van der Waals surface area contributed by atoms with Crippen LogP contribution in [-0.4, -0.2) is 39.1 Å². The van der Waals surface area contributed by atoms with Gasteiger partial charge in [-0.3, -0.25) is 9.59 Å². The van der Waals surface area contributed by atoms with Gasteiger partial charge in [-0.05, 0) is 35.4 Å². The zero-order valence-corrected chi connectivity index (χ0v) is 19.1. The third kappa shape index (κ3) is 7.62. The van der Waals surface area contributed by atoms with Crippen molar-refractivity contribution >= 4 is 11.7 Å². The van der Waals surface area contributed by atoms with Crippen LogP contribution in [0.4, 0.5) is 0 Å². The minimum atomic E-state index is -0.796. The smallest absolute Gasteiger partial charge is 0.242 e. The summed E-state index contributed by atoms with van der Waals surface area (Å²) >= 11 is 0. The summed E-state index contributed by atoms with van der Waals surface area (Å²) in [5.74, 6) is 0.920. The van der Waals surface area contributed by atoms with E-state index >= 15 is 0 Å². The molecule has 4 rings (SSSR count). The summed E-state index contributed by atoms with van der Waals surface area (Å²) in [7, 11) is 0. The van der Waals surface area contributed by atoms with E-state index in [2.05, 4.69) is 15.4 Å². The average Bonchev–Trinajstić information content (AvgIpc) is 3.39. The van der Waals surface area contributed by atoms with Gasteiger partial charge in [0, 0.05) is 6.42 Å². The first kappa shape index (κ1) is 23.8. The molecule has 1 N–H and O–H groups in total. The predicted molar refractivity (Wildman–Crippen MR) is 130 cm³/mol. The van der Waals surface area contributed by atoms with E-state index in [1.165, 1.54) is 17.3 Å². The molecule has 1 heterocycles. The van der Waals surface area contributed by atoms with Crippen molar-refractivity contribution in [1.82, 2.24) is 20.1 Å². The molecule has 0 saturated heterocycles. The Balaban J connectivity index is 1.36. The molecule has 178 valence electrons. The molecular formula is C27H26N4O4. The summed E-state index contributed by atoms with van der Waals surface area (Å²) in [5.41, 5.74) is 1.80. The van der Waals surface area contributed by atoms with Crippen molar-refractivity contribution in [2.24, 2.45) is 0 Å². The number of carbonyl (C=O) groups excluding carboxylic acids is 2. The molecule has 4 aromatic rings. The van der Waals surface area contributed by atoms with Crippen LogP contribution in [-0.2, 0) is 33.9 Å². The number of hydrogen-bond acceptors (Lipinski definition) is 6. The Labute approximate surface area is 203 Å². The van der Waals surface area contributed by atoms with Crippen molar-refractivity contribution in [2.45, 2.75) is 25.6 Å². The van der Waals surface area contributed by atoms with E-state index in [-0.39, 0.29) is 31.3 Å². The molecule has 0 saturated carbocycles. The van der Waals surface area contributed by atoms with Gasteiger partial charge in [0.15, 0.2) is 5.78 Å². The first-order valence-corrected chi connectivity index (χ1v) is 11.2. The Morgan fingerprint density at radius 2 is 1.54 bits per heavy atom. The fourth-order valence-corrected chi connectivity index (χ4v) is 3.41. The van der Waals surface area contributed by atoms with Crippen LogP contribution in [0, 0.1) is 0 Å². The van der Waals surface area contributed by atoms with E-state index in [0.29, 0.717) is 12.4 Å². The van der Waals surface area contributed by atoms with Gasteiger partial charge in [-0.2, -0.15) is 5.10 Å². The Morgan fingerprint density at radius 1 is 0.857 bits per heavy atom. The number of hydrogen-bond donors (Lipinski definition) is 1. The molecule has 0 radical (unpaired) electrons. The molecule has 1 aromatic heterocycles. The molecule has 3 aromatic carbocycles. The highest BCUT2D eigenvalue weighted by Crippen LogP contribution is 2.21. The highest BCUT2D eigenvalue weighted by atomic mass is 16.5. The lowest BCUT2D eigenvalue weighted by Crippen LogP contribution is -2.46. The van der Waals surface area contributed by atoms with Gasteiger partial charge >= 0.3 is 0 Å². The zero-order chi connectivity index (χ0) is 24.3. The molecule has 0 spiro atoms. The van der Waals surface area contributed by atoms with Gasteiger partial charge < -0.3 is 14.8 Å². The van der Waals surface area contributed by atoms with Crippen LogP contribution in [0.15, 0.2) is 97.6 Å². The summed E-state index contributed by atoms with van der Waals surface area (Å²) < 4.78 is 13.0. The first-order valence-electron chi connectivity index (χ1n) is 11.2. The van der Waals surface area contributed by atoms with E-state index in [0.717, 1.165) is 16.9 Å². The summed E-state index contributed by atoms with van der Waals surface area (Å²) in [6.45, 7) is 0.370. The summed E-state index contributed by atoms with van der Waals surface area (Å²) in [6, 6.07) is 25.7. The fourth-order valence-electron chi connectivity index (χ4n) is 3.41. The molecule has 8 nitrogen and oxygen atoms in total. The van der Waals surface area contributed by atoms with Gasteiger partial charge in [-0.25, -0.2) is 9.67 Å². The molecule has 8 heteroatoms. The second-order valence-electron chi connectivity index (χ2n) is 7.92. The standard InChI is InChI=1S/C27H26N4O4/c32-26(15-21-11-13-24(14-12-21)35-23-9-5-2-6-10-23)25(18-34-17-22-7-3-1-4-8-22)30-27(33)16-31-20-28-19-29-31/h1-14,19-20,25H,15-18H2,(H,30,33)/t25-/m0/s1. The SMILES string of the molecule is O=C(Cn1cncn1)N[C@@H](COCc1ccccc1)C(=O)Cc1ccc(Oc2ccccc2)cc1. The number of Topliss-reactive ketones (excluding diaryl/α,β-unsaturated/α-hetero) is 1. The van der Waals surface area contributed by atoms with Crippen LogP contribution in [0.3, 0.4) is 0 Å². The van der Waals surface area contributed by atoms with E-state index in [1.807, 2.05) is 84.9 Å². The number of amides is 1. The molecule has 35 heavy (non-hydrogen) atoms. The molecule has 0 unspecified atom stereocenters. The number of ether oxygens (including phenoxy) is 2. The third-order valence-corrected chi connectivity index (χ3v) is 5.17. The van der Waals surface area contributed by atoms with Gasteiger partial charge in [0.2, 0.25) is 5.91 Å². The van der Waals surface area contributed by atoms with Gasteiger partial charge in [0.25, 0.3) is 0 Å². The molecule has 0 fully saturated rings. The zero-order valence-electron chi connectivity index (χ0n) is 19.1. The average molecular weight is 471 g/mol. The quantitative estimate of drug-likeness (QED) is 0.340. The van der Waals surface area contributed by atoms with Crippen molar-refractivity contribution in [1.29, 1.82) is 0 Å². The van der Waals surface area contributed by atoms with Crippen molar-refractivity contribution in [3.63, 3.8) is 0 Å². The van der Waals surface area contributed by atoms with Crippen LogP contribution in [0.5, 0.6) is 11.5 Å². The van der Waals surface area contributed by atoms with Crippen molar-refractivity contribution in [3.05, 3.63) is 109 Å². The maximum absolute atomic E-state index is 13.1. The number of ketones is 1. The first-order chi connectivity index (χ1) is 17.2. The monoisotopic (exact) mass is 470 g/mol. The molecule has 0 bridgehead atoms. The van der Waals surface area contributed by atoms with Crippen LogP contribution in [0.25, 0.3) is 0 Å². The number of nitrogens with zero attached hydrogens (tertiary/aromatic N) is 3. The topological polar surface area (TPSA) is 95.3 Å². The van der Waals surface area contributed by atoms with Gasteiger partial charge in [-0.1, -0.05) is 60.7 Å². The van der Waals surface area contributed by atoms with Crippen LogP contribution in [0.1, 0.15) is 11.1 Å². The van der Waals surface area contributed by atoms with E-state index in [4.69, 9.17) is 9.47 Å². The van der Waals surface area contributed by atoms with E-state index in [9.17, 15) is 9.59 Å². The highest BCUT2D eigenvalue weighted by molar-refractivity contribution is 5.90. The molecule has 0 aliphatic carbocycles. The Kier molecular flexibility index (Phi) is 8.34. The Bertz CT molecular complexity index is 1200. The number of benzene rings is 3. The molecular weight excluding hydrogens is 444 g/mol. The van der Waals surface area contributed by atoms with E-state index < -0.39 is 6.04 Å². The molecule has 0 aliphatic rings. The normalized spacial score (nSPS) is 11.5.